The molecule has 7 heteroatoms. The first-order valence-electron chi connectivity index (χ1n) is 14.4. The van der Waals surface area contributed by atoms with Crippen LogP contribution in [0.1, 0.15) is 31.4 Å². The zero-order valence-corrected chi connectivity index (χ0v) is 23.5. The van der Waals surface area contributed by atoms with Crippen LogP contribution in [0.15, 0.2) is 72.9 Å². The number of piperazine rings is 1. The Morgan fingerprint density at radius 2 is 1.70 bits per heavy atom. The summed E-state index contributed by atoms with van der Waals surface area (Å²) in [4.78, 5) is 22.9. The molecular formula is C33H38N4O3. The standard InChI is InChI=1S/C33H38N4O3/c1-39-28-12-6-10-25(20-28)32-30(37-22-27(14-15-31(37)34-32)24-8-4-3-5-9-24)23-35-16-18-36(19-17-35)33(38)26-11-7-13-29(21-26)40-2/h3-6,8-10,12,14-15,20,22,26,29H,7,11,13,16-19,21,23H2,1-2H3/t26-,29+/m1/s1. The lowest BCUT2D eigenvalue weighted by molar-refractivity contribution is -0.140. The Morgan fingerprint density at radius 1 is 0.900 bits per heavy atom. The number of fused-ring (bicyclic) bond motifs is 1. The van der Waals surface area contributed by atoms with E-state index in [4.69, 9.17) is 14.5 Å². The van der Waals surface area contributed by atoms with Crippen molar-refractivity contribution in [2.24, 2.45) is 5.92 Å². The van der Waals surface area contributed by atoms with Crippen LogP contribution in [0.5, 0.6) is 5.75 Å². The minimum Gasteiger partial charge on any atom is -0.497 e. The summed E-state index contributed by atoms with van der Waals surface area (Å²) in [7, 11) is 3.46. The van der Waals surface area contributed by atoms with E-state index in [9.17, 15) is 4.79 Å². The van der Waals surface area contributed by atoms with Crippen LogP contribution in [-0.2, 0) is 16.1 Å². The van der Waals surface area contributed by atoms with Gasteiger partial charge < -0.3 is 18.8 Å². The van der Waals surface area contributed by atoms with Gasteiger partial charge in [0.15, 0.2) is 0 Å². The number of ether oxygens (including phenoxy) is 2. The lowest BCUT2D eigenvalue weighted by Gasteiger charge is -2.38. The van der Waals surface area contributed by atoms with E-state index < -0.39 is 0 Å². The Morgan fingerprint density at radius 3 is 2.48 bits per heavy atom. The normalized spacial score (nSPS) is 20.1. The van der Waals surface area contributed by atoms with E-state index in [2.05, 4.69) is 68.9 Å². The van der Waals surface area contributed by atoms with Gasteiger partial charge in [0.25, 0.3) is 0 Å². The molecule has 2 aromatic heterocycles. The molecule has 40 heavy (non-hydrogen) atoms. The molecule has 1 aliphatic heterocycles. The molecule has 4 aromatic rings. The second-order valence-electron chi connectivity index (χ2n) is 11.0. The molecule has 6 rings (SSSR count). The number of pyridine rings is 1. The van der Waals surface area contributed by atoms with Gasteiger partial charge in [-0.05, 0) is 54.7 Å². The molecule has 2 aliphatic rings. The number of carbonyl (C=O) groups is 1. The van der Waals surface area contributed by atoms with Gasteiger partial charge in [-0.15, -0.1) is 0 Å². The van der Waals surface area contributed by atoms with Crippen molar-refractivity contribution in [1.29, 1.82) is 0 Å². The van der Waals surface area contributed by atoms with Gasteiger partial charge in [0.1, 0.15) is 11.4 Å². The highest BCUT2D eigenvalue weighted by molar-refractivity contribution is 5.79. The molecule has 0 bridgehead atoms. The van der Waals surface area contributed by atoms with Crippen molar-refractivity contribution in [3.8, 4) is 28.1 Å². The summed E-state index contributed by atoms with van der Waals surface area (Å²) in [5.41, 5.74) is 6.41. The third-order valence-electron chi connectivity index (χ3n) is 8.53. The SMILES string of the molecule is COc1cccc(-c2nc3ccc(-c4ccccc4)cn3c2CN2CCN(C(=O)[C@@H]3CCC[C@H](OC)C3)CC2)c1. The largest absolute Gasteiger partial charge is 0.497 e. The number of methoxy groups -OCH3 is 2. The molecule has 2 fully saturated rings. The second kappa shape index (κ2) is 11.8. The molecule has 1 amide bonds. The van der Waals surface area contributed by atoms with Gasteiger partial charge in [-0.1, -0.05) is 48.9 Å². The lowest BCUT2D eigenvalue weighted by atomic mass is 9.86. The van der Waals surface area contributed by atoms with Crippen molar-refractivity contribution in [3.63, 3.8) is 0 Å². The number of carbonyl (C=O) groups excluding carboxylic acids is 1. The molecule has 3 heterocycles. The van der Waals surface area contributed by atoms with Gasteiger partial charge in [-0.2, -0.15) is 0 Å². The average molecular weight is 539 g/mol. The summed E-state index contributed by atoms with van der Waals surface area (Å²) < 4.78 is 13.3. The second-order valence-corrected chi connectivity index (χ2v) is 11.0. The van der Waals surface area contributed by atoms with Crippen molar-refractivity contribution < 1.29 is 14.3 Å². The van der Waals surface area contributed by atoms with E-state index in [-0.39, 0.29) is 12.0 Å². The number of hydrogen-bond donors (Lipinski definition) is 0. The Kier molecular flexibility index (Phi) is 7.84. The Labute approximate surface area is 236 Å². The van der Waals surface area contributed by atoms with Crippen LogP contribution in [0.3, 0.4) is 0 Å². The van der Waals surface area contributed by atoms with Gasteiger partial charge in [0.2, 0.25) is 5.91 Å². The molecule has 0 unspecified atom stereocenters. The molecule has 2 aromatic carbocycles. The molecule has 208 valence electrons. The number of imidazole rings is 1. The summed E-state index contributed by atoms with van der Waals surface area (Å²) in [6.07, 6.45) is 6.39. The first-order chi connectivity index (χ1) is 19.6. The monoisotopic (exact) mass is 538 g/mol. The van der Waals surface area contributed by atoms with Crippen LogP contribution < -0.4 is 4.74 Å². The summed E-state index contributed by atoms with van der Waals surface area (Å²) in [6.45, 7) is 3.95. The minimum absolute atomic E-state index is 0.0973. The predicted molar refractivity (Wildman–Crippen MR) is 157 cm³/mol. The van der Waals surface area contributed by atoms with Gasteiger partial charge in [0, 0.05) is 57.5 Å². The fourth-order valence-corrected chi connectivity index (χ4v) is 6.23. The number of nitrogens with zero attached hydrogens (tertiary/aromatic N) is 4. The molecule has 0 radical (unpaired) electrons. The van der Waals surface area contributed by atoms with Crippen molar-refractivity contribution in [1.82, 2.24) is 19.2 Å². The Balaban J connectivity index is 1.26. The highest BCUT2D eigenvalue weighted by Gasteiger charge is 2.32. The van der Waals surface area contributed by atoms with Gasteiger partial charge in [0.05, 0.1) is 24.6 Å². The van der Waals surface area contributed by atoms with Crippen LogP contribution in [0.2, 0.25) is 0 Å². The van der Waals surface area contributed by atoms with Crippen LogP contribution >= 0.6 is 0 Å². The van der Waals surface area contributed by atoms with E-state index in [1.54, 1.807) is 14.2 Å². The van der Waals surface area contributed by atoms with E-state index in [1.807, 2.05) is 18.2 Å². The summed E-state index contributed by atoms with van der Waals surface area (Å²) in [5.74, 6) is 1.22. The number of rotatable bonds is 7. The molecule has 0 N–H and O–H groups in total. The van der Waals surface area contributed by atoms with E-state index in [1.165, 1.54) is 5.56 Å². The summed E-state index contributed by atoms with van der Waals surface area (Å²) in [5, 5.41) is 0. The van der Waals surface area contributed by atoms with Crippen LogP contribution in [-0.4, -0.2) is 71.6 Å². The van der Waals surface area contributed by atoms with Crippen LogP contribution in [0.25, 0.3) is 28.0 Å². The van der Waals surface area contributed by atoms with Crippen LogP contribution in [0.4, 0.5) is 0 Å². The van der Waals surface area contributed by atoms with Gasteiger partial charge >= 0.3 is 0 Å². The van der Waals surface area contributed by atoms with Crippen LogP contribution in [0, 0.1) is 5.92 Å². The molecular weight excluding hydrogens is 500 g/mol. The highest BCUT2D eigenvalue weighted by Crippen LogP contribution is 2.31. The van der Waals surface area contributed by atoms with Crippen molar-refractivity contribution in [2.45, 2.75) is 38.3 Å². The smallest absolute Gasteiger partial charge is 0.225 e. The maximum absolute atomic E-state index is 13.3. The first kappa shape index (κ1) is 26.5. The number of aromatic nitrogens is 2. The topological polar surface area (TPSA) is 59.3 Å². The zero-order chi connectivity index (χ0) is 27.5. The summed E-state index contributed by atoms with van der Waals surface area (Å²) in [6, 6.07) is 22.8. The van der Waals surface area contributed by atoms with E-state index in [0.717, 1.165) is 92.3 Å². The lowest BCUT2D eigenvalue weighted by Crippen LogP contribution is -2.50. The highest BCUT2D eigenvalue weighted by atomic mass is 16.5. The third-order valence-corrected chi connectivity index (χ3v) is 8.53. The third kappa shape index (κ3) is 5.49. The zero-order valence-electron chi connectivity index (χ0n) is 23.5. The van der Waals surface area contributed by atoms with Crippen molar-refractivity contribution in [2.75, 3.05) is 40.4 Å². The van der Waals surface area contributed by atoms with Gasteiger partial charge in [-0.25, -0.2) is 4.98 Å². The van der Waals surface area contributed by atoms with E-state index >= 15 is 0 Å². The molecule has 7 nitrogen and oxygen atoms in total. The minimum atomic E-state index is 0.0973. The summed E-state index contributed by atoms with van der Waals surface area (Å²) >= 11 is 0. The molecule has 1 aliphatic carbocycles. The quantitative estimate of drug-likeness (QED) is 0.310. The molecule has 2 atom stereocenters. The maximum Gasteiger partial charge on any atom is 0.225 e. The molecule has 0 spiro atoms. The van der Waals surface area contributed by atoms with Gasteiger partial charge in [-0.3, -0.25) is 9.69 Å². The fourth-order valence-electron chi connectivity index (χ4n) is 6.23. The average Bonchev–Trinajstić information content (AvgIpc) is 3.39. The maximum atomic E-state index is 13.3. The van der Waals surface area contributed by atoms with E-state index in [0.29, 0.717) is 5.91 Å². The van der Waals surface area contributed by atoms with Crippen molar-refractivity contribution >= 4 is 11.6 Å². The predicted octanol–water partition coefficient (Wildman–Crippen LogP) is 5.53. The molecule has 1 saturated carbocycles. The molecule has 1 saturated heterocycles. The Hall–Kier alpha value is -3.68. The van der Waals surface area contributed by atoms with Crippen molar-refractivity contribution in [3.05, 3.63) is 78.6 Å². The number of amides is 1. The number of hydrogen-bond acceptors (Lipinski definition) is 5. The fraction of sp³-hybridized carbons (Fsp3) is 0.394. The first-order valence-corrected chi connectivity index (χ1v) is 14.4. The Bertz CT molecular complexity index is 1460. The number of benzene rings is 2.